The fourth-order valence-corrected chi connectivity index (χ4v) is 3.20. The highest BCUT2D eigenvalue weighted by atomic mass is 16.2. The first-order chi connectivity index (χ1) is 9.79. The molecule has 20 heavy (non-hydrogen) atoms. The predicted octanol–water partition coefficient (Wildman–Crippen LogP) is 3.82. The Morgan fingerprint density at radius 1 is 1.30 bits per heavy atom. The number of benzene rings is 1. The highest BCUT2D eigenvalue weighted by Crippen LogP contribution is 2.24. The SMILES string of the molecule is CCC1CCCN(C(=O)c2c[nH]c3ccccc23)CC1. The predicted molar refractivity (Wildman–Crippen MR) is 81.8 cm³/mol. The van der Waals surface area contributed by atoms with Gasteiger partial charge in [0.2, 0.25) is 0 Å². The van der Waals surface area contributed by atoms with Crippen LogP contribution in [-0.4, -0.2) is 28.9 Å². The molecule has 1 aromatic heterocycles. The molecule has 1 unspecified atom stereocenters. The van der Waals surface area contributed by atoms with Crippen molar-refractivity contribution in [2.75, 3.05) is 13.1 Å². The van der Waals surface area contributed by atoms with Crippen LogP contribution in [0.25, 0.3) is 10.9 Å². The maximum Gasteiger partial charge on any atom is 0.256 e. The third kappa shape index (κ3) is 2.45. The minimum absolute atomic E-state index is 0.180. The van der Waals surface area contributed by atoms with Crippen molar-refractivity contribution in [3.05, 3.63) is 36.0 Å². The highest BCUT2D eigenvalue weighted by molar-refractivity contribution is 6.06. The van der Waals surface area contributed by atoms with Gasteiger partial charge in [-0.15, -0.1) is 0 Å². The van der Waals surface area contributed by atoms with Crippen molar-refractivity contribution in [2.24, 2.45) is 5.92 Å². The molecule has 1 saturated heterocycles. The number of nitrogens with zero attached hydrogens (tertiary/aromatic N) is 1. The zero-order valence-electron chi connectivity index (χ0n) is 12.1. The molecule has 2 aromatic rings. The molecule has 3 nitrogen and oxygen atoms in total. The first kappa shape index (κ1) is 13.2. The van der Waals surface area contributed by atoms with Crippen molar-refractivity contribution in [1.82, 2.24) is 9.88 Å². The lowest BCUT2D eigenvalue weighted by atomic mass is 9.98. The summed E-state index contributed by atoms with van der Waals surface area (Å²) in [4.78, 5) is 18.0. The summed E-state index contributed by atoms with van der Waals surface area (Å²) in [6, 6.07) is 8.01. The standard InChI is InChI=1S/C17H22N2O/c1-2-13-6-5-10-19(11-9-13)17(20)15-12-18-16-8-4-3-7-14(15)16/h3-4,7-8,12-13,18H,2,5-6,9-11H2,1H3. The van der Waals surface area contributed by atoms with E-state index in [-0.39, 0.29) is 5.91 Å². The number of hydrogen-bond acceptors (Lipinski definition) is 1. The molecule has 106 valence electrons. The van der Waals surface area contributed by atoms with Gasteiger partial charge in [0.1, 0.15) is 0 Å². The Labute approximate surface area is 120 Å². The first-order valence-electron chi connectivity index (χ1n) is 7.65. The molecule has 1 amide bonds. The van der Waals surface area contributed by atoms with Crippen LogP contribution >= 0.6 is 0 Å². The molecule has 0 spiro atoms. The van der Waals surface area contributed by atoms with Gasteiger partial charge in [-0.1, -0.05) is 31.5 Å². The zero-order valence-corrected chi connectivity index (χ0v) is 12.1. The van der Waals surface area contributed by atoms with E-state index in [2.05, 4.69) is 11.9 Å². The van der Waals surface area contributed by atoms with E-state index in [0.717, 1.165) is 48.3 Å². The van der Waals surface area contributed by atoms with Crippen molar-refractivity contribution >= 4 is 16.8 Å². The van der Waals surface area contributed by atoms with E-state index in [9.17, 15) is 4.79 Å². The largest absolute Gasteiger partial charge is 0.360 e. The normalized spacial score (nSPS) is 20.1. The van der Waals surface area contributed by atoms with Crippen LogP contribution in [0.1, 0.15) is 43.0 Å². The number of amides is 1. The Morgan fingerprint density at radius 3 is 3.00 bits per heavy atom. The Bertz CT molecular complexity index is 602. The van der Waals surface area contributed by atoms with Gasteiger partial charge in [-0.2, -0.15) is 0 Å². The average molecular weight is 270 g/mol. The second-order valence-electron chi connectivity index (χ2n) is 5.75. The van der Waals surface area contributed by atoms with Crippen LogP contribution in [0.4, 0.5) is 0 Å². The van der Waals surface area contributed by atoms with Crippen molar-refractivity contribution in [1.29, 1.82) is 0 Å². The molecule has 1 aromatic carbocycles. The van der Waals surface area contributed by atoms with E-state index in [1.165, 1.54) is 12.8 Å². The van der Waals surface area contributed by atoms with E-state index in [1.807, 2.05) is 35.4 Å². The van der Waals surface area contributed by atoms with Gasteiger partial charge in [-0.3, -0.25) is 4.79 Å². The summed E-state index contributed by atoms with van der Waals surface area (Å²) in [7, 11) is 0. The summed E-state index contributed by atoms with van der Waals surface area (Å²) in [6.07, 6.45) is 6.62. The summed E-state index contributed by atoms with van der Waals surface area (Å²) in [5.74, 6) is 0.968. The van der Waals surface area contributed by atoms with Gasteiger partial charge in [0.05, 0.1) is 5.56 Å². The summed E-state index contributed by atoms with van der Waals surface area (Å²) in [5.41, 5.74) is 1.85. The van der Waals surface area contributed by atoms with Gasteiger partial charge in [-0.25, -0.2) is 0 Å². The molecular weight excluding hydrogens is 248 g/mol. The molecule has 0 aliphatic carbocycles. The van der Waals surface area contributed by atoms with Gasteiger partial charge in [0, 0.05) is 30.2 Å². The van der Waals surface area contributed by atoms with Crippen molar-refractivity contribution < 1.29 is 4.79 Å². The lowest BCUT2D eigenvalue weighted by Gasteiger charge is -2.20. The maximum atomic E-state index is 12.7. The maximum absolute atomic E-state index is 12.7. The number of aromatic amines is 1. The van der Waals surface area contributed by atoms with Gasteiger partial charge in [0.15, 0.2) is 0 Å². The zero-order chi connectivity index (χ0) is 13.9. The first-order valence-corrected chi connectivity index (χ1v) is 7.65. The molecule has 1 aliphatic rings. The van der Waals surface area contributed by atoms with Crippen molar-refractivity contribution in [3.8, 4) is 0 Å². The van der Waals surface area contributed by atoms with Crippen LogP contribution in [0.2, 0.25) is 0 Å². The fraction of sp³-hybridized carbons (Fsp3) is 0.471. The topological polar surface area (TPSA) is 36.1 Å². The number of H-pyrrole nitrogens is 1. The molecule has 0 bridgehead atoms. The molecule has 1 fully saturated rings. The number of carbonyl (C=O) groups is 1. The number of hydrogen-bond donors (Lipinski definition) is 1. The average Bonchev–Trinajstić information content (AvgIpc) is 2.76. The van der Waals surface area contributed by atoms with Crippen LogP contribution in [0, 0.1) is 5.92 Å². The number of likely N-dealkylation sites (tertiary alicyclic amines) is 1. The van der Waals surface area contributed by atoms with Crippen LogP contribution in [0.3, 0.4) is 0 Å². The number of nitrogens with one attached hydrogen (secondary N) is 1. The highest BCUT2D eigenvalue weighted by Gasteiger charge is 2.22. The number of carbonyl (C=O) groups excluding carboxylic acids is 1. The Hall–Kier alpha value is -1.77. The van der Waals surface area contributed by atoms with Gasteiger partial charge >= 0.3 is 0 Å². The van der Waals surface area contributed by atoms with E-state index in [4.69, 9.17) is 0 Å². The van der Waals surface area contributed by atoms with Crippen molar-refractivity contribution in [3.63, 3.8) is 0 Å². The minimum atomic E-state index is 0.180. The number of para-hydroxylation sites is 1. The van der Waals surface area contributed by atoms with Crippen LogP contribution in [-0.2, 0) is 0 Å². The summed E-state index contributed by atoms with van der Waals surface area (Å²) < 4.78 is 0. The van der Waals surface area contributed by atoms with E-state index < -0.39 is 0 Å². The van der Waals surface area contributed by atoms with Gasteiger partial charge in [-0.05, 0) is 31.2 Å². The minimum Gasteiger partial charge on any atom is -0.360 e. The Morgan fingerprint density at radius 2 is 2.15 bits per heavy atom. The lowest BCUT2D eigenvalue weighted by molar-refractivity contribution is 0.0762. The van der Waals surface area contributed by atoms with E-state index in [0.29, 0.717) is 0 Å². The van der Waals surface area contributed by atoms with E-state index in [1.54, 1.807) is 0 Å². The van der Waals surface area contributed by atoms with Crippen LogP contribution in [0.15, 0.2) is 30.5 Å². The molecule has 0 saturated carbocycles. The Kier molecular flexibility index (Phi) is 3.77. The molecular formula is C17H22N2O. The third-order valence-electron chi connectivity index (χ3n) is 4.53. The van der Waals surface area contributed by atoms with Crippen LogP contribution in [0.5, 0.6) is 0 Å². The van der Waals surface area contributed by atoms with E-state index >= 15 is 0 Å². The summed E-state index contributed by atoms with van der Waals surface area (Å²) >= 11 is 0. The third-order valence-corrected chi connectivity index (χ3v) is 4.53. The summed E-state index contributed by atoms with van der Waals surface area (Å²) in [5, 5.41) is 1.04. The lowest BCUT2D eigenvalue weighted by Crippen LogP contribution is -2.31. The molecule has 3 rings (SSSR count). The molecule has 3 heteroatoms. The molecule has 2 heterocycles. The van der Waals surface area contributed by atoms with Gasteiger partial charge in [0.25, 0.3) is 5.91 Å². The molecule has 1 N–H and O–H groups in total. The molecule has 1 aliphatic heterocycles. The number of rotatable bonds is 2. The molecule has 0 radical (unpaired) electrons. The smallest absolute Gasteiger partial charge is 0.256 e. The second-order valence-corrected chi connectivity index (χ2v) is 5.75. The monoisotopic (exact) mass is 270 g/mol. The van der Waals surface area contributed by atoms with Crippen molar-refractivity contribution in [2.45, 2.75) is 32.6 Å². The second kappa shape index (κ2) is 5.70. The summed E-state index contributed by atoms with van der Waals surface area (Å²) in [6.45, 7) is 4.05. The van der Waals surface area contributed by atoms with Crippen LogP contribution < -0.4 is 0 Å². The molecule has 1 atom stereocenters. The number of aromatic nitrogens is 1. The fourth-order valence-electron chi connectivity index (χ4n) is 3.20. The Balaban J connectivity index is 1.81. The quantitative estimate of drug-likeness (QED) is 0.884. The number of fused-ring (bicyclic) bond motifs is 1. The van der Waals surface area contributed by atoms with Gasteiger partial charge < -0.3 is 9.88 Å².